The number of hydrogen-bond donors (Lipinski definition) is 1. The van der Waals surface area contributed by atoms with Gasteiger partial charge in [0.15, 0.2) is 0 Å². The molecule has 1 amide bonds. The molecule has 0 aliphatic heterocycles. The number of carbonyl (C=O) groups excluding carboxylic acids is 1. The van der Waals surface area contributed by atoms with Crippen molar-refractivity contribution in [1.29, 1.82) is 10.5 Å². The molecule has 0 atom stereocenters. The van der Waals surface area contributed by atoms with Crippen LogP contribution in [0.4, 0.5) is 10.1 Å². The number of hydrogen-bond acceptors (Lipinski definition) is 3. The molecule has 2 aromatic carbocycles. The average molecular weight is 300 g/mol. The van der Waals surface area contributed by atoms with E-state index in [0.29, 0.717) is 5.69 Å². The Labute approximate surface area is 125 Å². The highest BCUT2D eigenvalue weighted by Gasteiger charge is 2.10. The number of carbonyl (C=O) groups is 1. The predicted octanol–water partition coefficient (Wildman–Crippen LogP) is 3.47. The minimum Gasteiger partial charge on any atom is -0.322 e. The van der Waals surface area contributed by atoms with E-state index in [2.05, 4.69) is 5.32 Å². The Bertz CT molecular complexity index is 806. The van der Waals surface area contributed by atoms with Crippen molar-refractivity contribution in [2.75, 3.05) is 5.32 Å². The van der Waals surface area contributed by atoms with Gasteiger partial charge in [-0.05, 0) is 36.4 Å². The molecule has 0 spiro atoms. The van der Waals surface area contributed by atoms with E-state index in [9.17, 15) is 9.18 Å². The van der Waals surface area contributed by atoms with Crippen molar-refractivity contribution in [1.82, 2.24) is 0 Å². The lowest BCUT2D eigenvalue weighted by Crippen LogP contribution is -2.12. The SMILES string of the molecule is N#Cc1ccc(NC(=O)c2ccc(Cl)c(F)c2)cc1C#N. The molecular formula is C15H7ClFN3O. The Morgan fingerprint density at radius 2 is 1.81 bits per heavy atom. The van der Waals surface area contributed by atoms with E-state index in [1.54, 1.807) is 0 Å². The summed E-state index contributed by atoms with van der Waals surface area (Å²) in [6.07, 6.45) is 0. The zero-order valence-corrected chi connectivity index (χ0v) is 11.3. The lowest BCUT2D eigenvalue weighted by atomic mass is 10.1. The Balaban J connectivity index is 2.26. The Kier molecular flexibility index (Phi) is 4.18. The molecule has 0 aliphatic rings. The monoisotopic (exact) mass is 299 g/mol. The van der Waals surface area contributed by atoms with Gasteiger partial charge in [-0.25, -0.2) is 4.39 Å². The molecule has 0 saturated heterocycles. The van der Waals surface area contributed by atoms with Crippen molar-refractivity contribution >= 4 is 23.2 Å². The second-order valence-electron chi connectivity index (χ2n) is 4.07. The molecule has 102 valence electrons. The fourth-order valence-corrected chi connectivity index (χ4v) is 1.77. The van der Waals surface area contributed by atoms with Crippen LogP contribution < -0.4 is 5.32 Å². The molecule has 0 aliphatic carbocycles. The van der Waals surface area contributed by atoms with E-state index in [-0.39, 0.29) is 21.7 Å². The lowest BCUT2D eigenvalue weighted by molar-refractivity contribution is 0.102. The van der Waals surface area contributed by atoms with Gasteiger partial charge in [-0.3, -0.25) is 4.79 Å². The summed E-state index contributed by atoms with van der Waals surface area (Å²) in [5, 5.41) is 20.2. The highest BCUT2D eigenvalue weighted by atomic mass is 35.5. The van der Waals surface area contributed by atoms with Crippen molar-refractivity contribution in [3.63, 3.8) is 0 Å². The van der Waals surface area contributed by atoms with Crippen LogP contribution >= 0.6 is 11.6 Å². The highest BCUT2D eigenvalue weighted by Crippen LogP contribution is 2.18. The summed E-state index contributed by atoms with van der Waals surface area (Å²) < 4.78 is 13.3. The van der Waals surface area contributed by atoms with Crippen LogP contribution in [0, 0.1) is 28.5 Å². The van der Waals surface area contributed by atoms with Crippen LogP contribution in [-0.2, 0) is 0 Å². The molecule has 4 nitrogen and oxygen atoms in total. The minimum atomic E-state index is -0.693. The van der Waals surface area contributed by atoms with Gasteiger partial charge >= 0.3 is 0 Å². The number of amides is 1. The maximum Gasteiger partial charge on any atom is 0.255 e. The van der Waals surface area contributed by atoms with Crippen molar-refractivity contribution in [2.24, 2.45) is 0 Å². The van der Waals surface area contributed by atoms with Gasteiger partial charge in [-0.15, -0.1) is 0 Å². The van der Waals surface area contributed by atoms with Crippen LogP contribution in [0.5, 0.6) is 0 Å². The second kappa shape index (κ2) is 6.04. The third-order valence-corrected chi connectivity index (χ3v) is 3.01. The lowest BCUT2D eigenvalue weighted by Gasteiger charge is -2.06. The zero-order valence-electron chi connectivity index (χ0n) is 10.5. The maximum absolute atomic E-state index is 13.3. The summed E-state index contributed by atoms with van der Waals surface area (Å²) in [5.74, 6) is -1.24. The molecule has 6 heteroatoms. The largest absolute Gasteiger partial charge is 0.322 e. The van der Waals surface area contributed by atoms with Crippen molar-refractivity contribution < 1.29 is 9.18 Å². The minimum absolute atomic E-state index is 0.0725. The van der Waals surface area contributed by atoms with Gasteiger partial charge in [-0.2, -0.15) is 10.5 Å². The van der Waals surface area contributed by atoms with Gasteiger partial charge in [0.1, 0.15) is 18.0 Å². The summed E-state index contributed by atoms with van der Waals surface area (Å²) in [6, 6.07) is 11.7. The second-order valence-corrected chi connectivity index (χ2v) is 4.47. The van der Waals surface area contributed by atoms with E-state index in [1.807, 2.05) is 12.1 Å². The molecule has 2 rings (SSSR count). The van der Waals surface area contributed by atoms with E-state index >= 15 is 0 Å². The molecule has 0 heterocycles. The topological polar surface area (TPSA) is 76.7 Å². The first-order valence-electron chi connectivity index (χ1n) is 5.76. The first kappa shape index (κ1) is 14.5. The van der Waals surface area contributed by atoms with Gasteiger partial charge in [-0.1, -0.05) is 11.6 Å². The van der Waals surface area contributed by atoms with E-state index in [1.165, 1.54) is 30.3 Å². The highest BCUT2D eigenvalue weighted by molar-refractivity contribution is 6.30. The van der Waals surface area contributed by atoms with Crippen molar-refractivity contribution in [2.45, 2.75) is 0 Å². The van der Waals surface area contributed by atoms with E-state index in [0.717, 1.165) is 6.07 Å². The number of anilines is 1. The first-order chi connectivity index (χ1) is 10.0. The van der Waals surface area contributed by atoms with E-state index < -0.39 is 11.7 Å². The Morgan fingerprint density at radius 1 is 1.10 bits per heavy atom. The van der Waals surface area contributed by atoms with Gasteiger partial charge in [0.2, 0.25) is 0 Å². The van der Waals surface area contributed by atoms with Crippen LogP contribution in [-0.4, -0.2) is 5.91 Å². The standard InChI is InChI=1S/C15H7ClFN3O/c16-13-4-2-9(6-14(13)17)15(21)20-12-3-1-10(7-18)11(5-12)8-19/h1-6H,(H,20,21). The van der Waals surface area contributed by atoms with Crippen molar-refractivity contribution in [3.05, 3.63) is 63.9 Å². The number of nitrogens with zero attached hydrogens (tertiary/aromatic N) is 2. The molecule has 0 radical (unpaired) electrons. The Hall–Kier alpha value is -2.89. The molecule has 2 aromatic rings. The molecule has 0 saturated carbocycles. The fraction of sp³-hybridized carbons (Fsp3) is 0. The summed E-state index contributed by atoms with van der Waals surface area (Å²) in [5.41, 5.74) is 0.802. The van der Waals surface area contributed by atoms with Crippen LogP contribution in [0.3, 0.4) is 0 Å². The summed E-state index contributed by atoms with van der Waals surface area (Å²) in [4.78, 5) is 12.0. The van der Waals surface area contributed by atoms with Gasteiger partial charge in [0, 0.05) is 11.3 Å². The third kappa shape index (κ3) is 3.17. The predicted molar refractivity (Wildman–Crippen MR) is 75.2 cm³/mol. The zero-order chi connectivity index (χ0) is 15.4. The van der Waals surface area contributed by atoms with Crippen LogP contribution in [0.15, 0.2) is 36.4 Å². The maximum atomic E-state index is 13.3. The number of halogens is 2. The molecule has 0 aromatic heterocycles. The number of nitrogens with one attached hydrogen (secondary N) is 1. The Morgan fingerprint density at radius 3 is 2.43 bits per heavy atom. The smallest absolute Gasteiger partial charge is 0.255 e. The molecule has 0 bridgehead atoms. The van der Waals surface area contributed by atoms with Gasteiger partial charge < -0.3 is 5.32 Å². The first-order valence-corrected chi connectivity index (χ1v) is 6.13. The number of nitriles is 2. The molecular weight excluding hydrogens is 293 g/mol. The number of benzene rings is 2. The molecule has 1 N–H and O–H groups in total. The third-order valence-electron chi connectivity index (χ3n) is 2.70. The number of rotatable bonds is 2. The van der Waals surface area contributed by atoms with Crippen LogP contribution in [0.25, 0.3) is 0 Å². The van der Waals surface area contributed by atoms with Gasteiger partial charge in [0.25, 0.3) is 5.91 Å². The van der Waals surface area contributed by atoms with Gasteiger partial charge in [0.05, 0.1) is 16.1 Å². The normalized spacial score (nSPS) is 9.52. The fourth-order valence-electron chi connectivity index (χ4n) is 1.65. The molecule has 0 unspecified atom stereocenters. The molecule has 21 heavy (non-hydrogen) atoms. The van der Waals surface area contributed by atoms with Crippen LogP contribution in [0.2, 0.25) is 5.02 Å². The quantitative estimate of drug-likeness (QED) is 0.922. The van der Waals surface area contributed by atoms with E-state index in [4.69, 9.17) is 22.1 Å². The average Bonchev–Trinajstić information content (AvgIpc) is 2.49. The van der Waals surface area contributed by atoms with Crippen LogP contribution in [0.1, 0.15) is 21.5 Å². The summed E-state index contributed by atoms with van der Waals surface area (Å²) in [7, 11) is 0. The molecule has 0 fully saturated rings. The summed E-state index contributed by atoms with van der Waals surface area (Å²) in [6.45, 7) is 0. The van der Waals surface area contributed by atoms with Crippen molar-refractivity contribution in [3.8, 4) is 12.1 Å². The summed E-state index contributed by atoms with van der Waals surface area (Å²) >= 11 is 5.55.